The van der Waals surface area contributed by atoms with E-state index in [1.165, 1.54) is 12.1 Å². The lowest BCUT2D eigenvalue weighted by atomic mass is 9.92. The molecule has 0 bridgehead atoms. The van der Waals surface area contributed by atoms with Crippen molar-refractivity contribution >= 4 is 17.3 Å². The van der Waals surface area contributed by atoms with Crippen molar-refractivity contribution in [2.24, 2.45) is 11.3 Å². The normalized spacial score (nSPS) is 22.8. The number of anilines is 1. The molecule has 1 aliphatic carbocycles. The number of nitro benzene ring substituents is 1. The fourth-order valence-corrected chi connectivity index (χ4v) is 3.19. The highest BCUT2D eigenvalue weighted by atomic mass is 19.1. The number of amides is 1. The van der Waals surface area contributed by atoms with E-state index in [0.29, 0.717) is 0 Å². The number of para-hydroxylation sites is 1. The molecule has 3 rings (SSSR count). The van der Waals surface area contributed by atoms with Gasteiger partial charge >= 0.3 is 0 Å². The van der Waals surface area contributed by atoms with Gasteiger partial charge in [0.1, 0.15) is 0 Å². The van der Waals surface area contributed by atoms with E-state index in [1.54, 1.807) is 0 Å². The predicted octanol–water partition coefficient (Wildman–Crippen LogP) is 2.06. The number of piperidine rings is 1. The lowest BCUT2D eigenvalue weighted by molar-refractivity contribution is -0.384. The van der Waals surface area contributed by atoms with Crippen molar-refractivity contribution in [3.63, 3.8) is 0 Å². The van der Waals surface area contributed by atoms with Gasteiger partial charge in [0.05, 0.1) is 4.92 Å². The number of halogens is 1. The van der Waals surface area contributed by atoms with Crippen LogP contribution in [0.1, 0.15) is 19.3 Å². The zero-order valence-electron chi connectivity index (χ0n) is 11.4. The van der Waals surface area contributed by atoms with Gasteiger partial charge in [0.25, 0.3) is 5.69 Å². The van der Waals surface area contributed by atoms with Gasteiger partial charge in [-0.3, -0.25) is 14.9 Å². The third kappa shape index (κ3) is 2.49. The second-order valence-electron chi connectivity index (χ2n) is 5.75. The smallest absolute Gasteiger partial charge is 0.295 e. The zero-order valence-corrected chi connectivity index (χ0v) is 11.4. The Kier molecular flexibility index (Phi) is 3.36. The summed E-state index contributed by atoms with van der Waals surface area (Å²) in [4.78, 5) is 22.5. The van der Waals surface area contributed by atoms with E-state index in [0.717, 1.165) is 38.4 Å². The SMILES string of the molecule is O=C(Nc1c(F)cccc1[N+](=O)[O-])C1CC12CCNCC2. The van der Waals surface area contributed by atoms with Gasteiger partial charge in [0, 0.05) is 12.0 Å². The molecule has 1 spiro atoms. The number of hydrogen-bond acceptors (Lipinski definition) is 4. The van der Waals surface area contributed by atoms with Crippen LogP contribution in [0, 0.1) is 27.3 Å². The van der Waals surface area contributed by atoms with E-state index in [4.69, 9.17) is 0 Å². The third-order valence-corrected chi connectivity index (χ3v) is 4.54. The van der Waals surface area contributed by atoms with Gasteiger partial charge in [-0.05, 0) is 43.8 Å². The van der Waals surface area contributed by atoms with Crippen molar-refractivity contribution in [2.75, 3.05) is 18.4 Å². The first kappa shape index (κ1) is 13.9. The topological polar surface area (TPSA) is 84.3 Å². The maximum absolute atomic E-state index is 13.8. The number of benzene rings is 1. The summed E-state index contributed by atoms with van der Waals surface area (Å²) in [7, 11) is 0. The Bertz CT molecular complexity index is 599. The molecule has 7 heteroatoms. The molecule has 1 saturated carbocycles. The molecule has 21 heavy (non-hydrogen) atoms. The molecule has 1 aliphatic heterocycles. The number of carbonyl (C=O) groups excluding carboxylic acids is 1. The Morgan fingerprint density at radius 3 is 2.81 bits per heavy atom. The molecule has 112 valence electrons. The summed E-state index contributed by atoms with van der Waals surface area (Å²) in [5, 5.41) is 16.6. The Labute approximate surface area is 120 Å². The molecule has 0 radical (unpaired) electrons. The zero-order chi connectivity index (χ0) is 15.0. The summed E-state index contributed by atoms with van der Waals surface area (Å²) in [5.74, 6) is -1.26. The average molecular weight is 293 g/mol. The number of rotatable bonds is 3. The molecule has 0 aromatic heterocycles. The average Bonchev–Trinajstić information content (AvgIpc) is 3.15. The van der Waals surface area contributed by atoms with Crippen LogP contribution in [0.3, 0.4) is 0 Å². The van der Waals surface area contributed by atoms with Crippen LogP contribution in [0.25, 0.3) is 0 Å². The molecule has 1 aromatic rings. The molecule has 1 aromatic carbocycles. The Hall–Kier alpha value is -2.02. The van der Waals surface area contributed by atoms with Crippen LogP contribution in [0.4, 0.5) is 15.8 Å². The second kappa shape index (κ2) is 5.07. The van der Waals surface area contributed by atoms with Crippen LogP contribution in [-0.4, -0.2) is 23.9 Å². The van der Waals surface area contributed by atoms with Crippen LogP contribution in [0.2, 0.25) is 0 Å². The van der Waals surface area contributed by atoms with Gasteiger partial charge in [0.15, 0.2) is 11.5 Å². The van der Waals surface area contributed by atoms with Crippen LogP contribution >= 0.6 is 0 Å². The van der Waals surface area contributed by atoms with E-state index in [2.05, 4.69) is 10.6 Å². The first-order chi connectivity index (χ1) is 10.0. The number of nitrogens with zero attached hydrogens (tertiary/aromatic N) is 1. The molecule has 6 nitrogen and oxygen atoms in total. The predicted molar refractivity (Wildman–Crippen MR) is 74.3 cm³/mol. The second-order valence-corrected chi connectivity index (χ2v) is 5.75. The molecular weight excluding hydrogens is 277 g/mol. The molecule has 1 saturated heterocycles. The van der Waals surface area contributed by atoms with E-state index < -0.39 is 16.4 Å². The molecular formula is C14H16FN3O3. The van der Waals surface area contributed by atoms with Crippen molar-refractivity contribution in [1.82, 2.24) is 5.32 Å². The molecule has 1 atom stereocenters. The quantitative estimate of drug-likeness (QED) is 0.660. The van der Waals surface area contributed by atoms with Gasteiger partial charge in [-0.2, -0.15) is 0 Å². The molecule has 1 unspecified atom stereocenters. The lowest BCUT2D eigenvalue weighted by Gasteiger charge is -2.23. The molecule has 1 amide bonds. The first-order valence-corrected chi connectivity index (χ1v) is 6.98. The molecule has 2 aliphatic rings. The summed E-state index contributed by atoms with van der Waals surface area (Å²) < 4.78 is 13.8. The van der Waals surface area contributed by atoms with Crippen LogP contribution in [-0.2, 0) is 4.79 Å². The Morgan fingerprint density at radius 1 is 1.43 bits per heavy atom. The first-order valence-electron chi connectivity index (χ1n) is 6.98. The summed E-state index contributed by atoms with van der Waals surface area (Å²) in [5.41, 5.74) is -0.734. The minimum atomic E-state index is -0.780. The highest BCUT2D eigenvalue weighted by Gasteiger charge is 2.57. The van der Waals surface area contributed by atoms with Crippen molar-refractivity contribution < 1.29 is 14.1 Å². The van der Waals surface area contributed by atoms with Gasteiger partial charge < -0.3 is 10.6 Å². The van der Waals surface area contributed by atoms with Crippen LogP contribution in [0.15, 0.2) is 18.2 Å². The van der Waals surface area contributed by atoms with E-state index in [9.17, 15) is 19.3 Å². The maximum atomic E-state index is 13.8. The molecule has 1 heterocycles. The highest BCUT2D eigenvalue weighted by Crippen LogP contribution is 2.58. The van der Waals surface area contributed by atoms with E-state index in [1.807, 2.05) is 0 Å². The van der Waals surface area contributed by atoms with Crippen molar-refractivity contribution in [2.45, 2.75) is 19.3 Å². The monoisotopic (exact) mass is 293 g/mol. The number of nitro groups is 1. The number of carbonyl (C=O) groups is 1. The van der Waals surface area contributed by atoms with Crippen LogP contribution in [0.5, 0.6) is 0 Å². The van der Waals surface area contributed by atoms with E-state index in [-0.39, 0.29) is 22.9 Å². The maximum Gasteiger partial charge on any atom is 0.295 e. The van der Waals surface area contributed by atoms with Crippen molar-refractivity contribution in [1.29, 1.82) is 0 Å². The summed E-state index contributed by atoms with van der Waals surface area (Å²) in [6.07, 6.45) is 2.62. The Balaban J connectivity index is 1.76. The van der Waals surface area contributed by atoms with Crippen molar-refractivity contribution in [3.8, 4) is 0 Å². The lowest BCUT2D eigenvalue weighted by Crippen LogP contribution is -2.31. The fourth-order valence-electron chi connectivity index (χ4n) is 3.19. The summed E-state index contributed by atoms with van der Waals surface area (Å²) in [6, 6.07) is 3.55. The van der Waals surface area contributed by atoms with Gasteiger partial charge in [-0.25, -0.2) is 4.39 Å². The highest BCUT2D eigenvalue weighted by molar-refractivity contribution is 5.97. The summed E-state index contributed by atoms with van der Waals surface area (Å²) in [6.45, 7) is 1.76. The van der Waals surface area contributed by atoms with Crippen LogP contribution < -0.4 is 10.6 Å². The van der Waals surface area contributed by atoms with Gasteiger partial charge in [0.2, 0.25) is 5.91 Å². The Morgan fingerprint density at radius 2 is 2.14 bits per heavy atom. The van der Waals surface area contributed by atoms with Crippen molar-refractivity contribution in [3.05, 3.63) is 34.1 Å². The van der Waals surface area contributed by atoms with Gasteiger partial charge in [-0.15, -0.1) is 0 Å². The molecule has 2 fully saturated rings. The number of hydrogen-bond donors (Lipinski definition) is 2. The van der Waals surface area contributed by atoms with Gasteiger partial charge in [-0.1, -0.05) is 6.07 Å². The molecule has 2 N–H and O–H groups in total. The summed E-state index contributed by atoms with van der Waals surface area (Å²) >= 11 is 0. The standard InChI is InChI=1S/C14H16FN3O3/c15-10-2-1-3-11(18(20)21)12(10)17-13(19)9-8-14(9)4-6-16-7-5-14/h1-3,9,16H,4-8H2,(H,17,19). The van der Waals surface area contributed by atoms with E-state index >= 15 is 0 Å². The minimum Gasteiger partial charge on any atom is -0.318 e. The largest absolute Gasteiger partial charge is 0.318 e. The minimum absolute atomic E-state index is 0.00930. The third-order valence-electron chi connectivity index (χ3n) is 4.54. The fraction of sp³-hybridized carbons (Fsp3) is 0.500. The number of nitrogens with one attached hydrogen (secondary N) is 2.